The predicted molar refractivity (Wildman–Crippen MR) is 116 cm³/mol. The summed E-state index contributed by atoms with van der Waals surface area (Å²) < 4.78 is 0. The summed E-state index contributed by atoms with van der Waals surface area (Å²) in [7, 11) is 3.66. The average molecular weight is 488 g/mol. The summed E-state index contributed by atoms with van der Waals surface area (Å²) in [6, 6.07) is 11.2. The van der Waals surface area contributed by atoms with Gasteiger partial charge in [0.1, 0.15) is 0 Å². The molecule has 2 aromatic rings. The zero-order chi connectivity index (χ0) is 18.1. The van der Waals surface area contributed by atoms with Gasteiger partial charge in [0, 0.05) is 51.1 Å². The van der Waals surface area contributed by atoms with Crippen LogP contribution in [0.15, 0.2) is 53.8 Å². The standard InChI is InChI=1S/C18H22ClN5O.HI/c1-20-18(24(2)13-15-6-3-4-8-16(15)19)23-11-10-22-17(25)14-7-5-9-21-12-14;/h3-9,12H,10-11,13H2,1-2H3,(H,20,23)(H,22,25);1H. The van der Waals surface area contributed by atoms with Crippen molar-refractivity contribution in [2.75, 3.05) is 27.2 Å². The van der Waals surface area contributed by atoms with Crippen LogP contribution in [-0.2, 0) is 6.54 Å². The van der Waals surface area contributed by atoms with Crippen molar-refractivity contribution >= 4 is 47.4 Å². The molecule has 0 radical (unpaired) electrons. The molecule has 1 amide bonds. The number of benzene rings is 1. The summed E-state index contributed by atoms with van der Waals surface area (Å²) in [5.41, 5.74) is 1.57. The van der Waals surface area contributed by atoms with Crippen LogP contribution < -0.4 is 10.6 Å². The molecule has 26 heavy (non-hydrogen) atoms. The first-order valence-corrected chi connectivity index (χ1v) is 8.33. The van der Waals surface area contributed by atoms with Crippen molar-refractivity contribution in [3.63, 3.8) is 0 Å². The number of guanidine groups is 1. The Morgan fingerprint density at radius 1 is 1.19 bits per heavy atom. The average Bonchev–Trinajstić information content (AvgIpc) is 2.64. The maximum atomic E-state index is 11.9. The number of hydrogen-bond acceptors (Lipinski definition) is 3. The van der Waals surface area contributed by atoms with Crippen molar-refractivity contribution in [3.8, 4) is 0 Å². The maximum Gasteiger partial charge on any atom is 0.252 e. The molecule has 0 atom stereocenters. The molecule has 8 heteroatoms. The maximum absolute atomic E-state index is 11.9. The Kier molecular flexibility index (Phi) is 9.97. The van der Waals surface area contributed by atoms with Gasteiger partial charge in [-0.05, 0) is 23.8 Å². The van der Waals surface area contributed by atoms with Gasteiger partial charge in [-0.1, -0.05) is 29.8 Å². The summed E-state index contributed by atoms with van der Waals surface area (Å²) >= 11 is 6.20. The predicted octanol–water partition coefficient (Wildman–Crippen LogP) is 2.79. The molecule has 0 aliphatic carbocycles. The van der Waals surface area contributed by atoms with E-state index >= 15 is 0 Å². The quantitative estimate of drug-likeness (QED) is 0.285. The molecule has 0 aliphatic rings. The Labute approximate surface area is 176 Å². The summed E-state index contributed by atoms with van der Waals surface area (Å²) in [5.74, 6) is 0.588. The minimum atomic E-state index is -0.144. The Morgan fingerprint density at radius 3 is 2.58 bits per heavy atom. The lowest BCUT2D eigenvalue weighted by atomic mass is 10.2. The van der Waals surface area contributed by atoms with Crippen LogP contribution in [0.2, 0.25) is 5.02 Å². The molecule has 1 aromatic heterocycles. The van der Waals surface area contributed by atoms with E-state index in [0.29, 0.717) is 25.2 Å². The van der Waals surface area contributed by atoms with E-state index in [1.165, 1.54) is 0 Å². The summed E-state index contributed by atoms with van der Waals surface area (Å²) in [4.78, 5) is 22.1. The van der Waals surface area contributed by atoms with Gasteiger partial charge in [-0.2, -0.15) is 0 Å². The fourth-order valence-electron chi connectivity index (χ4n) is 2.29. The van der Waals surface area contributed by atoms with Crippen LogP contribution in [0.1, 0.15) is 15.9 Å². The first-order valence-electron chi connectivity index (χ1n) is 7.95. The van der Waals surface area contributed by atoms with E-state index in [2.05, 4.69) is 20.6 Å². The second-order valence-electron chi connectivity index (χ2n) is 5.42. The lowest BCUT2D eigenvalue weighted by molar-refractivity contribution is 0.0954. The number of aromatic nitrogens is 1. The molecule has 0 saturated carbocycles. The third-order valence-corrected chi connectivity index (χ3v) is 3.92. The smallest absolute Gasteiger partial charge is 0.252 e. The molecule has 140 valence electrons. The van der Waals surface area contributed by atoms with Crippen molar-refractivity contribution in [2.45, 2.75) is 6.54 Å². The third-order valence-electron chi connectivity index (χ3n) is 3.56. The second-order valence-corrected chi connectivity index (χ2v) is 5.83. The van der Waals surface area contributed by atoms with E-state index in [1.54, 1.807) is 31.6 Å². The normalized spacial score (nSPS) is 10.7. The number of carbonyl (C=O) groups is 1. The number of carbonyl (C=O) groups excluding carboxylic acids is 1. The van der Waals surface area contributed by atoms with E-state index in [-0.39, 0.29) is 29.9 Å². The van der Waals surface area contributed by atoms with Gasteiger partial charge in [-0.15, -0.1) is 24.0 Å². The SMILES string of the molecule is CN=C(NCCNC(=O)c1cccnc1)N(C)Cc1ccccc1Cl.I. The number of aliphatic imine (C=N–C) groups is 1. The van der Waals surface area contributed by atoms with Crippen LogP contribution in [0.5, 0.6) is 0 Å². The summed E-state index contributed by atoms with van der Waals surface area (Å²) in [6.07, 6.45) is 3.18. The highest BCUT2D eigenvalue weighted by atomic mass is 127. The Bertz CT molecular complexity index is 727. The first kappa shape index (κ1) is 22.2. The van der Waals surface area contributed by atoms with Gasteiger partial charge in [-0.3, -0.25) is 14.8 Å². The molecule has 0 aliphatic heterocycles. The number of hydrogen-bond donors (Lipinski definition) is 2. The van der Waals surface area contributed by atoms with Gasteiger partial charge in [0.15, 0.2) is 5.96 Å². The Balaban J connectivity index is 0.00000338. The molecule has 2 rings (SSSR count). The van der Waals surface area contributed by atoms with Crippen LogP contribution in [0.3, 0.4) is 0 Å². The number of pyridine rings is 1. The van der Waals surface area contributed by atoms with Crippen molar-refractivity contribution in [1.29, 1.82) is 0 Å². The van der Waals surface area contributed by atoms with Crippen LogP contribution in [-0.4, -0.2) is 48.9 Å². The highest BCUT2D eigenvalue weighted by Gasteiger charge is 2.09. The molecule has 0 unspecified atom stereocenters. The monoisotopic (exact) mass is 487 g/mol. The molecule has 6 nitrogen and oxygen atoms in total. The first-order chi connectivity index (χ1) is 12.1. The Morgan fingerprint density at radius 2 is 1.92 bits per heavy atom. The van der Waals surface area contributed by atoms with Crippen LogP contribution in [0.4, 0.5) is 0 Å². The number of nitrogens with zero attached hydrogens (tertiary/aromatic N) is 3. The minimum Gasteiger partial charge on any atom is -0.354 e. The fraction of sp³-hybridized carbons (Fsp3) is 0.278. The highest BCUT2D eigenvalue weighted by molar-refractivity contribution is 14.0. The van der Waals surface area contributed by atoms with Crippen LogP contribution >= 0.6 is 35.6 Å². The molecular weight excluding hydrogens is 465 g/mol. The number of rotatable bonds is 6. The van der Waals surface area contributed by atoms with Gasteiger partial charge >= 0.3 is 0 Å². The van der Waals surface area contributed by atoms with E-state index in [9.17, 15) is 4.79 Å². The van der Waals surface area contributed by atoms with Gasteiger partial charge in [0.25, 0.3) is 5.91 Å². The minimum absolute atomic E-state index is 0. The van der Waals surface area contributed by atoms with Gasteiger partial charge in [0.05, 0.1) is 5.56 Å². The molecule has 0 fully saturated rings. The van der Waals surface area contributed by atoms with Crippen molar-refractivity contribution in [2.24, 2.45) is 4.99 Å². The van der Waals surface area contributed by atoms with E-state index in [1.807, 2.05) is 36.2 Å². The van der Waals surface area contributed by atoms with Gasteiger partial charge in [0.2, 0.25) is 0 Å². The van der Waals surface area contributed by atoms with Crippen molar-refractivity contribution in [3.05, 3.63) is 64.9 Å². The number of nitrogens with one attached hydrogen (secondary N) is 2. The van der Waals surface area contributed by atoms with Crippen molar-refractivity contribution < 1.29 is 4.79 Å². The third kappa shape index (κ3) is 6.80. The second kappa shape index (κ2) is 11.7. The largest absolute Gasteiger partial charge is 0.354 e. The number of amides is 1. The number of halogens is 2. The molecule has 0 saturated heterocycles. The van der Waals surface area contributed by atoms with Gasteiger partial charge < -0.3 is 15.5 Å². The van der Waals surface area contributed by atoms with Crippen LogP contribution in [0.25, 0.3) is 0 Å². The molecule has 1 heterocycles. The molecule has 2 N–H and O–H groups in total. The molecule has 0 spiro atoms. The van der Waals surface area contributed by atoms with Crippen LogP contribution in [0, 0.1) is 0 Å². The lowest BCUT2D eigenvalue weighted by Crippen LogP contribution is -2.42. The molecule has 1 aromatic carbocycles. The summed E-state index contributed by atoms with van der Waals surface area (Å²) in [6.45, 7) is 1.68. The molecular formula is C18H23ClIN5O. The lowest BCUT2D eigenvalue weighted by Gasteiger charge is -2.22. The highest BCUT2D eigenvalue weighted by Crippen LogP contribution is 2.16. The van der Waals surface area contributed by atoms with E-state index < -0.39 is 0 Å². The Hall–Kier alpha value is -1.87. The summed E-state index contributed by atoms with van der Waals surface area (Å²) in [5, 5.41) is 6.79. The zero-order valence-corrected chi connectivity index (χ0v) is 17.9. The van der Waals surface area contributed by atoms with E-state index in [4.69, 9.17) is 11.6 Å². The zero-order valence-electron chi connectivity index (χ0n) is 14.8. The molecule has 0 bridgehead atoms. The topological polar surface area (TPSA) is 69.6 Å². The fourth-order valence-corrected chi connectivity index (χ4v) is 2.49. The van der Waals surface area contributed by atoms with Gasteiger partial charge in [-0.25, -0.2) is 0 Å². The van der Waals surface area contributed by atoms with Crippen molar-refractivity contribution in [1.82, 2.24) is 20.5 Å². The van der Waals surface area contributed by atoms with E-state index in [0.717, 1.165) is 16.5 Å².